The van der Waals surface area contributed by atoms with Gasteiger partial charge < -0.3 is 10.4 Å². The topological polar surface area (TPSA) is 58.0 Å². The van der Waals surface area contributed by atoms with E-state index >= 15 is 0 Å². The van der Waals surface area contributed by atoms with Gasteiger partial charge in [-0.25, -0.2) is 18.7 Å². The van der Waals surface area contributed by atoms with Crippen LogP contribution in [0.5, 0.6) is 0 Å². The van der Waals surface area contributed by atoms with Gasteiger partial charge in [-0.3, -0.25) is 0 Å². The second kappa shape index (κ2) is 5.54. The van der Waals surface area contributed by atoms with Gasteiger partial charge in [0.1, 0.15) is 5.15 Å². The van der Waals surface area contributed by atoms with Crippen LogP contribution in [0.15, 0.2) is 6.07 Å². The number of anilines is 1. The summed E-state index contributed by atoms with van der Waals surface area (Å²) in [6.07, 6.45) is -0.278. The standard InChI is InChI=1S/C12H16ClF2N3O/c1-7(19)9-6-10(13)18-11(17-9)16-8-2-4-12(14,15)5-3-8/h6-8,19H,2-5H2,1H3,(H,16,17,18). The number of aliphatic hydroxyl groups is 1. The van der Waals surface area contributed by atoms with E-state index in [2.05, 4.69) is 15.3 Å². The highest BCUT2D eigenvalue weighted by molar-refractivity contribution is 6.29. The summed E-state index contributed by atoms with van der Waals surface area (Å²) in [6.45, 7) is 1.57. The number of halogens is 3. The zero-order chi connectivity index (χ0) is 14.0. The van der Waals surface area contributed by atoms with Gasteiger partial charge in [-0.15, -0.1) is 0 Å². The zero-order valence-corrected chi connectivity index (χ0v) is 11.3. The fourth-order valence-electron chi connectivity index (χ4n) is 2.08. The molecule has 2 rings (SSSR count). The highest BCUT2D eigenvalue weighted by Crippen LogP contribution is 2.34. The van der Waals surface area contributed by atoms with Crippen molar-refractivity contribution in [1.82, 2.24) is 9.97 Å². The number of rotatable bonds is 3. The molecule has 1 fully saturated rings. The van der Waals surface area contributed by atoms with E-state index in [4.69, 9.17) is 11.6 Å². The molecule has 0 aromatic carbocycles. The third kappa shape index (κ3) is 3.98. The van der Waals surface area contributed by atoms with E-state index in [0.29, 0.717) is 18.5 Å². The first-order valence-corrected chi connectivity index (χ1v) is 6.60. The quantitative estimate of drug-likeness (QED) is 0.840. The second-order valence-corrected chi connectivity index (χ2v) is 5.28. The molecule has 0 radical (unpaired) electrons. The summed E-state index contributed by atoms with van der Waals surface area (Å²) < 4.78 is 26.1. The summed E-state index contributed by atoms with van der Waals surface area (Å²) in [5.74, 6) is -2.28. The molecule has 2 N–H and O–H groups in total. The minimum Gasteiger partial charge on any atom is -0.387 e. The molecule has 0 saturated heterocycles. The highest BCUT2D eigenvalue weighted by atomic mass is 35.5. The molecule has 0 aliphatic heterocycles. The van der Waals surface area contributed by atoms with E-state index in [9.17, 15) is 13.9 Å². The van der Waals surface area contributed by atoms with Gasteiger partial charge in [-0.1, -0.05) is 11.6 Å². The Bertz CT molecular complexity index is 447. The number of alkyl halides is 2. The Morgan fingerprint density at radius 3 is 2.63 bits per heavy atom. The number of nitrogens with one attached hydrogen (secondary N) is 1. The lowest BCUT2D eigenvalue weighted by Crippen LogP contribution is -2.32. The van der Waals surface area contributed by atoms with E-state index in [1.807, 2.05) is 0 Å². The van der Waals surface area contributed by atoms with Crippen molar-refractivity contribution in [3.63, 3.8) is 0 Å². The van der Waals surface area contributed by atoms with Crippen molar-refractivity contribution >= 4 is 17.5 Å². The number of nitrogens with zero attached hydrogens (tertiary/aromatic N) is 2. The van der Waals surface area contributed by atoms with Gasteiger partial charge in [0.15, 0.2) is 0 Å². The van der Waals surface area contributed by atoms with Crippen LogP contribution >= 0.6 is 11.6 Å². The molecule has 1 aromatic heterocycles. The Morgan fingerprint density at radius 1 is 1.42 bits per heavy atom. The van der Waals surface area contributed by atoms with Gasteiger partial charge in [0.05, 0.1) is 11.8 Å². The predicted molar refractivity (Wildman–Crippen MR) is 68.5 cm³/mol. The fraction of sp³-hybridized carbons (Fsp3) is 0.667. The van der Waals surface area contributed by atoms with Crippen molar-refractivity contribution in [2.45, 2.75) is 50.7 Å². The lowest BCUT2D eigenvalue weighted by molar-refractivity contribution is -0.0361. The molecule has 0 amide bonds. The second-order valence-electron chi connectivity index (χ2n) is 4.89. The Kier molecular flexibility index (Phi) is 4.20. The van der Waals surface area contributed by atoms with Crippen LogP contribution in [0.1, 0.15) is 44.4 Å². The first-order valence-electron chi connectivity index (χ1n) is 6.23. The normalized spacial score (nSPS) is 21.1. The molecule has 0 spiro atoms. The Labute approximate surface area is 115 Å². The molecule has 7 heteroatoms. The average molecular weight is 292 g/mol. The van der Waals surface area contributed by atoms with E-state index < -0.39 is 12.0 Å². The van der Waals surface area contributed by atoms with E-state index in [0.717, 1.165) is 0 Å². The summed E-state index contributed by atoms with van der Waals surface area (Å²) in [7, 11) is 0. The van der Waals surface area contributed by atoms with Gasteiger partial charge >= 0.3 is 0 Å². The molecular weight excluding hydrogens is 276 g/mol. The summed E-state index contributed by atoms with van der Waals surface area (Å²) in [5.41, 5.74) is 0.406. The van der Waals surface area contributed by atoms with E-state index in [1.54, 1.807) is 6.92 Å². The third-order valence-corrected chi connectivity index (χ3v) is 3.39. The monoisotopic (exact) mass is 291 g/mol. The van der Waals surface area contributed by atoms with E-state index in [1.165, 1.54) is 6.07 Å². The van der Waals surface area contributed by atoms with Gasteiger partial charge in [0.25, 0.3) is 0 Å². The van der Waals surface area contributed by atoms with Crippen molar-refractivity contribution in [3.05, 3.63) is 16.9 Å². The largest absolute Gasteiger partial charge is 0.387 e. The summed E-state index contributed by atoms with van der Waals surface area (Å²) in [5, 5.41) is 12.7. The van der Waals surface area contributed by atoms with Crippen LogP contribution in [0, 0.1) is 0 Å². The van der Waals surface area contributed by atoms with Crippen molar-refractivity contribution < 1.29 is 13.9 Å². The molecule has 1 aromatic rings. The first-order chi connectivity index (χ1) is 8.85. The highest BCUT2D eigenvalue weighted by Gasteiger charge is 2.35. The van der Waals surface area contributed by atoms with Gasteiger partial charge in [-0.2, -0.15) is 0 Å². The minimum absolute atomic E-state index is 0.0834. The smallest absolute Gasteiger partial charge is 0.248 e. The van der Waals surface area contributed by atoms with Gasteiger partial charge in [0.2, 0.25) is 11.9 Å². The lowest BCUT2D eigenvalue weighted by atomic mass is 9.92. The maximum atomic E-state index is 13.0. The predicted octanol–water partition coefficient (Wildman–Crippen LogP) is 3.17. The van der Waals surface area contributed by atoms with Gasteiger partial charge in [-0.05, 0) is 25.8 Å². The molecule has 1 saturated carbocycles. The lowest BCUT2D eigenvalue weighted by Gasteiger charge is -2.28. The van der Waals surface area contributed by atoms with Crippen molar-refractivity contribution in [2.75, 3.05) is 5.32 Å². The SMILES string of the molecule is CC(O)c1cc(Cl)nc(NC2CCC(F)(F)CC2)n1. The van der Waals surface area contributed by atoms with Crippen LogP contribution < -0.4 is 5.32 Å². The summed E-state index contributed by atoms with van der Waals surface area (Å²) >= 11 is 5.83. The Balaban J connectivity index is 2.03. The molecule has 19 heavy (non-hydrogen) atoms. The van der Waals surface area contributed by atoms with Crippen molar-refractivity contribution in [1.29, 1.82) is 0 Å². The molecule has 1 atom stereocenters. The molecule has 4 nitrogen and oxygen atoms in total. The summed E-state index contributed by atoms with van der Waals surface area (Å²) in [6, 6.07) is 1.40. The van der Waals surface area contributed by atoms with E-state index in [-0.39, 0.29) is 30.0 Å². The van der Waals surface area contributed by atoms with Crippen LogP contribution in [-0.2, 0) is 0 Å². The van der Waals surface area contributed by atoms with Crippen LogP contribution in [0.4, 0.5) is 14.7 Å². The van der Waals surface area contributed by atoms with Crippen molar-refractivity contribution in [3.8, 4) is 0 Å². The number of aromatic nitrogens is 2. The zero-order valence-electron chi connectivity index (χ0n) is 10.5. The number of hydrogen-bond acceptors (Lipinski definition) is 4. The van der Waals surface area contributed by atoms with Crippen LogP contribution in [0.3, 0.4) is 0 Å². The minimum atomic E-state index is -2.56. The molecule has 106 valence electrons. The fourth-order valence-corrected chi connectivity index (χ4v) is 2.27. The maximum absolute atomic E-state index is 13.0. The van der Waals surface area contributed by atoms with Crippen LogP contribution in [0.25, 0.3) is 0 Å². The molecule has 1 aliphatic rings. The first kappa shape index (κ1) is 14.4. The molecule has 0 bridgehead atoms. The molecule has 1 heterocycles. The van der Waals surface area contributed by atoms with Crippen LogP contribution in [-0.4, -0.2) is 27.0 Å². The third-order valence-electron chi connectivity index (χ3n) is 3.19. The maximum Gasteiger partial charge on any atom is 0.248 e. The number of hydrogen-bond donors (Lipinski definition) is 2. The van der Waals surface area contributed by atoms with Crippen molar-refractivity contribution in [2.24, 2.45) is 0 Å². The molecule has 1 aliphatic carbocycles. The Hall–Kier alpha value is -1.01. The molecule has 1 unspecified atom stereocenters. The van der Waals surface area contributed by atoms with Gasteiger partial charge in [0, 0.05) is 18.9 Å². The van der Waals surface area contributed by atoms with Crippen LogP contribution in [0.2, 0.25) is 5.15 Å². The summed E-state index contributed by atoms with van der Waals surface area (Å²) in [4.78, 5) is 8.11. The Morgan fingerprint density at radius 2 is 2.05 bits per heavy atom. The number of aliphatic hydroxyl groups excluding tert-OH is 1. The molecular formula is C12H16ClF2N3O. The average Bonchev–Trinajstić information content (AvgIpc) is 2.31.